The second kappa shape index (κ2) is 5.41. The van der Waals surface area contributed by atoms with Crippen molar-refractivity contribution < 1.29 is 18.3 Å². The SMILES string of the molecule is CCN(CC1CC1)c1ccc(S(N)(=O)=O)cc1C(=O)O. The van der Waals surface area contributed by atoms with Crippen LogP contribution in [0, 0.1) is 5.92 Å². The maximum Gasteiger partial charge on any atom is 0.337 e. The molecule has 0 heterocycles. The van der Waals surface area contributed by atoms with Crippen LogP contribution in [0.5, 0.6) is 0 Å². The molecule has 0 amide bonds. The van der Waals surface area contributed by atoms with Gasteiger partial charge in [-0.3, -0.25) is 0 Å². The molecule has 1 aliphatic rings. The number of nitrogens with two attached hydrogens (primary N) is 1. The third-order valence-corrected chi connectivity index (χ3v) is 4.34. The standard InChI is InChI=1S/C13H18N2O4S/c1-2-15(8-9-3-4-9)12-6-5-10(20(14,18)19)7-11(12)13(16)17/h5-7,9H,2-4,8H2,1H3,(H,16,17)(H2,14,18,19). The van der Waals surface area contributed by atoms with Gasteiger partial charge in [-0.1, -0.05) is 0 Å². The molecule has 0 unspecified atom stereocenters. The molecule has 0 radical (unpaired) electrons. The summed E-state index contributed by atoms with van der Waals surface area (Å²) in [6, 6.07) is 4.00. The fraction of sp³-hybridized carbons (Fsp3) is 0.462. The Balaban J connectivity index is 2.43. The molecule has 0 bridgehead atoms. The number of nitrogens with zero attached hydrogens (tertiary/aromatic N) is 1. The largest absolute Gasteiger partial charge is 0.478 e. The number of hydrogen-bond acceptors (Lipinski definition) is 4. The molecule has 0 saturated heterocycles. The highest BCUT2D eigenvalue weighted by Gasteiger charge is 2.26. The van der Waals surface area contributed by atoms with Gasteiger partial charge in [-0.2, -0.15) is 0 Å². The molecule has 1 aliphatic carbocycles. The summed E-state index contributed by atoms with van der Waals surface area (Å²) in [6.45, 7) is 3.42. The number of sulfonamides is 1. The Morgan fingerprint density at radius 3 is 2.55 bits per heavy atom. The first-order valence-electron chi connectivity index (χ1n) is 6.48. The number of primary sulfonamides is 1. The predicted octanol–water partition coefficient (Wildman–Crippen LogP) is 1.27. The molecule has 1 aromatic carbocycles. The lowest BCUT2D eigenvalue weighted by Gasteiger charge is -2.25. The number of carbonyl (C=O) groups is 1. The quantitative estimate of drug-likeness (QED) is 0.823. The lowest BCUT2D eigenvalue weighted by Crippen LogP contribution is -2.27. The van der Waals surface area contributed by atoms with E-state index in [2.05, 4.69) is 0 Å². The van der Waals surface area contributed by atoms with E-state index in [9.17, 15) is 18.3 Å². The fourth-order valence-electron chi connectivity index (χ4n) is 2.15. The molecule has 0 aliphatic heterocycles. The molecule has 0 atom stereocenters. The van der Waals surface area contributed by atoms with Gasteiger partial charge in [0, 0.05) is 13.1 Å². The number of carboxylic acids is 1. The van der Waals surface area contributed by atoms with Gasteiger partial charge >= 0.3 is 5.97 Å². The van der Waals surface area contributed by atoms with E-state index in [-0.39, 0.29) is 10.5 Å². The van der Waals surface area contributed by atoms with Gasteiger partial charge in [-0.15, -0.1) is 0 Å². The van der Waals surface area contributed by atoms with Crippen LogP contribution in [-0.2, 0) is 10.0 Å². The lowest BCUT2D eigenvalue weighted by atomic mass is 10.1. The summed E-state index contributed by atoms with van der Waals surface area (Å²) < 4.78 is 22.6. The molecule has 110 valence electrons. The third kappa shape index (κ3) is 3.29. The molecule has 6 nitrogen and oxygen atoms in total. The summed E-state index contributed by atoms with van der Waals surface area (Å²) >= 11 is 0. The monoisotopic (exact) mass is 298 g/mol. The van der Waals surface area contributed by atoms with Crippen LogP contribution in [-0.4, -0.2) is 32.6 Å². The van der Waals surface area contributed by atoms with Gasteiger partial charge < -0.3 is 10.0 Å². The molecule has 20 heavy (non-hydrogen) atoms. The van der Waals surface area contributed by atoms with E-state index >= 15 is 0 Å². The molecule has 3 N–H and O–H groups in total. The second-order valence-electron chi connectivity index (χ2n) is 5.01. The number of hydrogen-bond donors (Lipinski definition) is 2. The van der Waals surface area contributed by atoms with Gasteiger partial charge in [0.15, 0.2) is 0 Å². The van der Waals surface area contributed by atoms with Crippen molar-refractivity contribution in [3.63, 3.8) is 0 Å². The van der Waals surface area contributed by atoms with Crippen LogP contribution < -0.4 is 10.0 Å². The summed E-state index contributed by atoms with van der Waals surface area (Å²) in [4.78, 5) is 13.1. The minimum Gasteiger partial charge on any atom is -0.478 e. The molecule has 1 aromatic rings. The van der Waals surface area contributed by atoms with Gasteiger partial charge in [-0.25, -0.2) is 18.4 Å². The summed E-state index contributed by atoms with van der Waals surface area (Å²) in [5.74, 6) is -0.547. The van der Waals surface area contributed by atoms with Crippen molar-refractivity contribution in [2.75, 3.05) is 18.0 Å². The van der Waals surface area contributed by atoms with Gasteiger partial charge in [-0.05, 0) is 43.9 Å². The number of aromatic carboxylic acids is 1. The minimum atomic E-state index is -3.90. The molecule has 2 rings (SSSR count). The van der Waals surface area contributed by atoms with Crippen LogP contribution in [0.2, 0.25) is 0 Å². The highest BCUT2D eigenvalue weighted by Crippen LogP contribution is 2.33. The fourth-order valence-corrected chi connectivity index (χ4v) is 2.69. The van der Waals surface area contributed by atoms with Crippen LogP contribution in [0.15, 0.2) is 23.1 Å². The van der Waals surface area contributed by atoms with Crippen LogP contribution in [0.4, 0.5) is 5.69 Å². The lowest BCUT2D eigenvalue weighted by molar-refractivity contribution is 0.0697. The third-order valence-electron chi connectivity index (χ3n) is 3.42. The van der Waals surface area contributed by atoms with E-state index in [1.54, 1.807) is 0 Å². The van der Waals surface area contributed by atoms with E-state index < -0.39 is 16.0 Å². The van der Waals surface area contributed by atoms with E-state index in [0.717, 1.165) is 25.5 Å². The smallest absolute Gasteiger partial charge is 0.337 e. The molecule has 1 fully saturated rings. The molecule has 0 spiro atoms. The van der Waals surface area contributed by atoms with Crippen LogP contribution in [0.1, 0.15) is 30.1 Å². The Labute approximate surface area is 118 Å². The molecule has 0 aromatic heterocycles. The van der Waals surface area contributed by atoms with Crippen LogP contribution in [0.25, 0.3) is 0 Å². The average molecular weight is 298 g/mol. The number of rotatable bonds is 6. The Bertz CT molecular complexity index is 623. The molecule has 1 saturated carbocycles. The normalized spacial score (nSPS) is 15.1. The maximum absolute atomic E-state index is 11.4. The first kappa shape index (κ1) is 14.8. The van der Waals surface area contributed by atoms with E-state index in [0.29, 0.717) is 18.2 Å². The van der Waals surface area contributed by atoms with Crippen molar-refractivity contribution >= 4 is 21.7 Å². The van der Waals surface area contributed by atoms with Crippen molar-refractivity contribution in [1.82, 2.24) is 0 Å². The zero-order valence-electron chi connectivity index (χ0n) is 11.2. The van der Waals surface area contributed by atoms with Crippen LogP contribution >= 0.6 is 0 Å². The Morgan fingerprint density at radius 1 is 1.45 bits per heavy atom. The highest BCUT2D eigenvalue weighted by molar-refractivity contribution is 7.89. The van der Waals surface area contributed by atoms with Gasteiger partial charge in [0.1, 0.15) is 0 Å². The summed E-state index contributed by atoms with van der Waals surface area (Å²) in [6.07, 6.45) is 2.32. The Hall–Kier alpha value is -1.60. The number of carboxylic acid groups (broad SMARTS) is 1. The molecule has 7 heteroatoms. The zero-order valence-corrected chi connectivity index (χ0v) is 12.1. The van der Waals surface area contributed by atoms with Crippen LogP contribution in [0.3, 0.4) is 0 Å². The number of benzene rings is 1. The maximum atomic E-state index is 11.4. The Kier molecular flexibility index (Phi) is 4.01. The molecular formula is C13H18N2O4S. The minimum absolute atomic E-state index is 0.0287. The second-order valence-corrected chi connectivity index (χ2v) is 6.57. The molecular weight excluding hydrogens is 280 g/mol. The summed E-state index contributed by atoms with van der Waals surface area (Å²) in [7, 11) is -3.90. The summed E-state index contributed by atoms with van der Waals surface area (Å²) in [5.41, 5.74) is 0.512. The highest BCUT2D eigenvalue weighted by atomic mass is 32.2. The predicted molar refractivity (Wildman–Crippen MR) is 75.4 cm³/mol. The first-order valence-corrected chi connectivity index (χ1v) is 8.02. The van der Waals surface area contributed by atoms with Crippen molar-refractivity contribution in [2.24, 2.45) is 11.1 Å². The zero-order chi connectivity index (χ0) is 14.9. The first-order chi connectivity index (χ1) is 9.32. The average Bonchev–Trinajstić information content (AvgIpc) is 3.18. The van der Waals surface area contributed by atoms with Gasteiger partial charge in [0.25, 0.3) is 0 Å². The van der Waals surface area contributed by atoms with Crippen molar-refractivity contribution in [1.29, 1.82) is 0 Å². The van der Waals surface area contributed by atoms with E-state index in [4.69, 9.17) is 5.14 Å². The van der Waals surface area contributed by atoms with Crippen molar-refractivity contribution in [2.45, 2.75) is 24.7 Å². The van der Waals surface area contributed by atoms with E-state index in [1.165, 1.54) is 12.1 Å². The number of anilines is 1. The van der Waals surface area contributed by atoms with Gasteiger partial charge in [0.05, 0.1) is 16.1 Å². The van der Waals surface area contributed by atoms with Crippen molar-refractivity contribution in [3.8, 4) is 0 Å². The summed E-state index contributed by atoms with van der Waals surface area (Å²) in [5, 5.41) is 14.3. The van der Waals surface area contributed by atoms with Crippen molar-refractivity contribution in [3.05, 3.63) is 23.8 Å². The van der Waals surface area contributed by atoms with E-state index in [1.807, 2.05) is 11.8 Å². The van der Waals surface area contributed by atoms with Gasteiger partial charge in [0.2, 0.25) is 10.0 Å². The topological polar surface area (TPSA) is 101 Å². The Morgan fingerprint density at radius 2 is 2.10 bits per heavy atom.